The fourth-order valence-electron chi connectivity index (χ4n) is 2.38. The van der Waals surface area contributed by atoms with Crippen LogP contribution >= 0.6 is 15.9 Å². The van der Waals surface area contributed by atoms with E-state index >= 15 is 0 Å². The van der Waals surface area contributed by atoms with E-state index < -0.39 is 0 Å². The zero-order chi connectivity index (χ0) is 13.0. The maximum Gasteiger partial charge on any atom is 0.127 e. The van der Waals surface area contributed by atoms with Crippen LogP contribution in [0.25, 0.3) is 0 Å². The first kappa shape index (κ1) is 14.0. The molecule has 4 heteroatoms. The summed E-state index contributed by atoms with van der Waals surface area (Å²) in [5.74, 6) is -0.190. The molecule has 2 N–H and O–H groups in total. The Hall–Kier alpha value is -0.450. The van der Waals surface area contributed by atoms with Crippen LogP contribution in [0.2, 0.25) is 0 Å². The zero-order valence-electron chi connectivity index (χ0n) is 10.4. The molecule has 18 heavy (non-hydrogen) atoms. The number of halogens is 2. The molecule has 1 aromatic rings. The minimum atomic E-state index is -0.190. The van der Waals surface area contributed by atoms with Crippen LogP contribution in [-0.2, 0) is 11.2 Å². The molecule has 0 amide bonds. The summed E-state index contributed by atoms with van der Waals surface area (Å²) in [6, 6.07) is 5.09. The van der Waals surface area contributed by atoms with Gasteiger partial charge in [-0.1, -0.05) is 22.0 Å². The van der Waals surface area contributed by atoms with E-state index in [0.717, 1.165) is 30.3 Å². The quantitative estimate of drug-likeness (QED) is 0.924. The molecule has 0 bridgehead atoms. The number of benzene rings is 1. The summed E-state index contributed by atoms with van der Waals surface area (Å²) in [6.07, 6.45) is 5.08. The van der Waals surface area contributed by atoms with Crippen LogP contribution in [0.5, 0.6) is 0 Å². The maximum atomic E-state index is 13.7. The second kappa shape index (κ2) is 6.64. The molecule has 100 valence electrons. The maximum absolute atomic E-state index is 13.7. The highest BCUT2D eigenvalue weighted by Gasteiger charge is 2.18. The molecule has 2 rings (SSSR count). The SMILES string of the molecule is NC(Cc1ccc(Br)cc1F)CC1CCCCO1. The van der Waals surface area contributed by atoms with E-state index in [1.54, 1.807) is 6.07 Å². The number of hydrogen-bond donors (Lipinski definition) is 1. The number of ether oxygens (including phenoxy) is 1. The van der Waals surface area contributed by atoms with Gasteiger partial charge in [0.05, 0.1) is 6.10 Å². The highest BCUT2D eigenvalue weighted by Crippen LogP contribution is 2.20. The summed E-state index contributed by atoms with van der Waals surface area (Å²) in [5.41, 5.74) is 6.77. The van der Waals surface area contributed by atoms with E-state index in [4.69, 9.17) is 10.5 Å². The average Bonchev–Trinajstić information content (AvgIpc) is 2.34. The third-order valence-electron chi connectivity index (χ3n) is 3.34. The summed E-state index contributed by atoms with van der Waals surface area (Å²) in [6.45, 7) is 0.837. The Morgan fingerprint density at radius 3 is 2.94 bits per heavy atom. The molecule has 2 nitrogen and oxygen atoms in total. The van der Waals surface area contributed by atoms with Crippen LogP contribution in [0, 0.1) is 5.82 Å². The van der Waals surface area contributed by atoms with Gasteiger partial charge in [-0.15, -0.1) is 0 Å². The molecule has 1 saturated heterocycles. The summed E-state index contributed by atoms with van der Waals surface area (Å²) in [4.78, 5) is 0. The lowest BCUT2D eigenvalue weighted by Gasteiger charge is -2.25. The summed E-state index contributed by atoms with van der Waals surface area (Å²) >= 11 is 3.25. The van der Waals surface area contributed by atoms with Gasteiger partial charge >= 0.3 is 0 Å². The standard InChI is InChI=1S/C14H19BrFNO/c15-11-5-4-10(14(16)8-11)7-12(17)9-13-3-1-2-6-18-13/h4-5,8,12-13H,1-3,6-7,9,17H2. The molecule has 0 aliphatic carbocycles. The van der Waals surface area contributed by atoms with Crippen molar-refractivity contribution in [2.75, 3.05) is 6.61 Å². The topological polar surface area (TPSA) is 35.2 Å². The highest BCUT2D eigenvalue weighted by atomic mass is 79.9. The second-order valence-corrected chi connectivity index (χ2v) is 5.84. The number of rotatable bonds is 4. The van der Waals surface area contributed by atoms with Crippen molar-refractivity contribution in [2.45, 2.75) is 44.2 Å². The van der Waals surface area contributed by atoms with Crippen molar-refractivity contribution in [2.24, 2.45) is 5.73 Å². The van der Waals surface area contributed by atoms with Gasteiger partial charge in [0.15, 0.2) is 0 Å². The van der Waals surface area contributed by atoms with Crippen molar-refractivity contribution < 1.29 is 9.13 Å². The largest absolute Gasteiger partial charge is 0.378 e. The fourth-order valence-corrected chi connectivity index (χ4v) is 2.72. The normalized spacial score (nSPS) is 21.8. The first-order valence-electron chi connectivity index (χ1n) is 6.46. The minimum absolute atomic E-state index is 0.0382. The third-order valence-corrected chi connectivity index (χ3v) is 3.83. The Kier molecular flexibility index (Phi) is 5.15. The van der Waals surface area contributed by atoms with E-state index in [-0.39, 0.29) is 18.0 Å². The van der Waals surface area contributed by atoms with Crippen molar-refractivity contribution in [3.63, 3.8) is 0 Å². The number of nitrogens with two attached hydrogens (primary N) is 1. The zero-order valence-corrected chi connectivity index (χ0v) is 12.0. The minimum Gasteiger partial charge on any atom is -0.378 e. The molecule has 1 aromatic carbocycles. The van der Waals surface area contributed by atoms with Crippen molar-refractivity contribution >= 4 is 15.9 Å². The molecule has 0 saturated carbocycles. The highest BCUT2D eigenvalue weighted by molar-refractivity contribution is 9.10. The van der Waals surface area contributed by atoms with E-state index in [1.807, 2.05) is 6.07 Å². The monoisotopic (exact) mass is 315 g/mol. The molecule has 1 aliphatic heterocycles. The Balaban J connectivity index is 1.87. The smallest absolute Gasteiger partial charge is 0.127 e. The molecule has 2 unspecified atom stereocenters. The Morgan fingerprint density at radius 2 is 2.28 bits per heavy atom. The molecule has 0 spiro atoms. The first-order valence-corrected chi connectivity index (χ1v) is 7.25. The molecule has 0 radical (unpaired) electrons. The fraction of sp³-hybridized carbons (Fsp3) is 0.571. The van der Waals surface area contributed by atoms with Gasteiger partial charge in [0.2, 0.25) is 0 Å². The van der Waals surface area contributed by atoms with E-state index in [1.165, 1.54) is 12.5 Å². The lowest BCUT2D eigenvalue weighted by molar-refractivity contribution is 0.00743. The third kappa shape index (κ3) is 4.04. The van der Waals surface area contributed by atoms with Gasteiger partial charge < -0.3 is 10.5 Å². The van der Waals surface area contributed by atoms with Crippen molar-refractivity contribution in [1.82, 2.24) is 0 Å². The van der Waals surface area contributed by atoms with Gasteiger partial charge in [-0.2, -0.15) is 0 Å². The summed E-state index contributed by atoms with van der Waals surface area (Å²) in [7, 11) is 0. The molecule has 2 atom stereocenters. The van der Waals surface area contributed by atoms with Crippen molar-refractivity contribution in [1.29, 1.82) is 0 Å². The first-order chi connectivity index (χ1) is 8.65. The predicted octanol–water partition coefficient (Wildman–Crippen LogP) is 3.42. The van der Waals surface area contributed by atoms with E-state index in [0.29, 0.717) is 12.0 Å². The molecule has 1 heterocycles. The Morgan fingerprint density at radius 1 is 1.44 bits per heavy atom. The van der Waals surface area contributed by atoms with Gasteiger partial charge in [0.1, 0.15) is 5.82 Å². The van der Waals surface area contributed by atoms with Crippen LogP contribution < -0.4 is 5.73 Å². The molecule has 0 aromatic heterocycles. The van der Waals surface area contributed by atoms with Crippen LogP contribution in [0.3, 0.4) is 0 Å². The van der Waals surface area contributed by atoms with Gasteiger partial charge in [-0.05, 0) is 49.8 Å². The number of hydrogen-bond acceptors (Lipinski definition) is 2. The van der Waals surface area contributed by atoms with Crippen molar-refractivity contribution in [3.8, 4) is 0 Å². The van der Waals surface area contributed by atoms with E-state index in [9.17, 15) is 4.39 Å². The van der Waals surface area contributed by atoms with Gasteiger partial charge in [0, 0.05) is 17.1 Å². The lowest BCUT2D eigenvalue weighted by Crippen LogP contribution is -2.31. The molecular formula is C14H19BrFNO. The van der Waals surface area contributed by atoms with Crippen LogP contribution in [0.4, 0.5) is 4.39 Å². The summed E-state index contributed by atoms with van der Waals surface area (Å²) in [5, 5.41) is 0. The average molecular weight is 316 g/mol. The van der Waals surface area contributed by atoms with Crippen molar-refractivity contribution in [3.05, 3.63) is 34.1 Å². The molecule has 1 aliphatic rings. The Labute approximate surface area is 116 Å². The second-order valence-electron chi connectivity index (χ2n) is 4.92. The summed E-state index contributed by atoms with van der Waals surface area (Å²) < 4.78 is 20.1. The predicted molar refractivity (Wildman–Crippen MR) is 74.0 cm³/mol. The van der Waals surface area contributed by atoms with Crippen LogP contribution in [0.1, 0.15) is 31.2 Å². The Bertz CT molecular complexity index is 393. The van der Waals surface area contributed by atoms with Gasteiger partial charge in [0.25, 0.3) is 0 Å². The molecule has 1 fully saturated rings. The van der Waals surface area contributed by atoms with Gasteiger partial charge in [-0.3, -0.25) is 0 Å². The van der Waals surface area contributed by atoms with Gasteiger partial charge in [-0.25, -0.2) is 4.39 Å². The van der Waals surface area contributed by atoms with Crippen LogP contribution in [-0.4, -0.2) is 18.8 Å². The van der Waals surface area contributed by atoms with Crippen LogP contribution in [0.15, 0.2) is 22.7 Å². The van der Waals surface area contributed by atoms with E-state index in [2.05, 4.69) is 15.9 Å². The molecular weight excluding hydrogens is 297 g/mol. The lowest BCUT2D eigenvalue weighted by atomic mass is 9.97.